The van der Waals surface area contributed by atoms with Crippen molar-refractivity contribution in [3.63, 3.8) is 0 Å². The summed E-state index contributed by atoms with van der Waals surface area (Å²) in [5, 5.41) is 10.7. The summed E-state index contributed by atoms with van der Waals surface area (Å²) >= 11 is 1.55. The fraction of sp³-hybridized carbons (Fsp3) is 0.385. The van der Waals surface area contributed by atoms with Crippen molar-refractivity contribution in [2.24, 2.45) is 0 Å². The highest BCUT2D eigenvalue weighted by Gasteiger charge is 2.15. The Morgan fingerprint density at radius 3 is 3.00 bits per heavy atom. The van der Waals surface area contributed by atoms with Crippen molar-refractivity contribution in [1.82, 2.24) is 9.38 Å². The maximum Gasteiger partial charge on any atom is 0.328 e. The van der Waals surface area contributed by atoms with Crippen molar-refractivity contribution in [3.8, 4) is 0 Å². The fourth-order valence-electron chi connectivity index (χ4n) is 2.01. The molecule has 2 aromatic heterocycles. The van der Waals surface area contributed by atoms with E-state index in [0.717, 1.165) is 42.1 Å². The highest BCUT2D eigenvalue weighted by Crippen LogP contribution is 2.26. The SMILES string of the molecule is CCCN(CC)c1nc2sccn2c1/C=C/C(=O)O. The molecule has 0 radical (unpaired) electrons. The van der Waals surface area contributed by atoms with E-state index >= 15 is 0 Å². The summed E-state index contributed by atoms with van der Waals surface area (Å²) in [6, 6.07) is 0. The normalized spacial score (nSPS) is 11.5. The number of rotatable bonds is 6. The molecule has 0 aliphatic heterocycles. The molecule has 102 valence electrons. The lowest BCUT2D eigenvalue weighted by molar-refractivity contribution is -0.131. The molecule has 6 heteroatoms. The Labute approximate surface area is 115 Å². The van der Waals surface area contributed by atoms with Crippen LogP contribution in [0.2, 0.25) is 0 Å². The molecule has 0 aliphatic rings. The third kappa shape index (κ3) is 2.78. The number of carboxylic acid groups (broad SMARTS) is 1. The number of carbonyl (C=O) groups is 1. The van der Waals surface area contributed by atoms with Crippen LogP contribution in [0.5, 0.6) is 0 Å². The van der Waals surface area contributed by atoms with Gasteiger partial charge in [0.05, 0.1) is 5.69 Å². The van der Waals surface area contributed by atoms with E-state index in [0.29, 0.717) is 0 Å². The van der Waals surface area contributed by atoms with Crippen LogP contribution in [0, 0.1) is 0 Å². The van der Waals surface area contributed by atoms with Crippen molar-refractivity contribution >= 4 is 34.2 Å². The maximum atomic E-state index is 10.7. The predicted molar refractivity (Wildman–Crippen MR) is 77.9 cm³/mol. The second-order valence-corrected chi connectivity index (χ2v) is 5.00. The average molecular weight is 279 g/mol. The van der Waals surface area contributed by atoms with Gasteiger partial charge in [0.15, 0.2) is 10.8 Å². The molecule has 2 aromatic rings. The zero-order valence-corrected chi connectivity index (χ0v) is 11.9. The molecule has 0 bridgehead atoms. The molecule has 0 unspecified atom stereocenters. The van der Waals surface area contributed by atoms with E-state index in [1.807, 2.05) is 16.0 Å². The molecule has 0 atom stereocenters. The standard InChI is InChI=1S/C13H17N3O2S/c1-3-7-15(4-2)12-10(5-6-11(17)18)16-8-9-19-13(16)14-12/h5-6,8-9H,3-4,7H2,1-2H3,(H,17,18)/b6-5+. The first-order valence-corrected chi connectivity index (χ1v) is 7.16. The molecule has 5 nitrogen and oxygen atoms in total. The van der Waals surface area contributed by atoms with Crippen molar-refractivity contribution in [1.29, 1.82) is 0 Å². The first kappa shape index (κ1) is 13.6. The van der Waals surface area contributed by atoms with Gasteiger partial charge in [0.1, 0.15) is 0 Å². The van der Waals surface area contributed by atoms with E-state index in [9.17, 15) is 4.79 Å². The molecule has 0 aromatic carbocycles. The van der Waals surface area contributed by atoms with E-state index in [-0.39, 0.29) is 0 Å². The van der Waals surface area contributed by atoms with Gasteiger partial charge in [-0.25, -0.2) is 9.78 Å². The zero-order chi connectivity index (χ0) is 13.8. The van der Waals surface area contributed by atoms with E-state index < -0.39 is 5.97 Å². The van der Waals surface area contributed by atoms with Crippen LogP contribution in [0.4, 0.5) is 5.82 Å². The van der Waals surface area contributed by atoms with E-state index in [4.69, 9.17) is 5.11 Å². The number of thiazole rings is 1. The number of carboxylic acids is 1. The van der Waals surface area contributed by atoms with Crippen LogP contribution in [-0.4, -0.2) is 33.6 Å². The molecule has 0 aliphatic carbocycles. The van der Waals surface area contributed by atoms with Crippen molar-refractivity contribution in [2.75, 3.05) is 18.0 Å². The Balaban J connectivity index is 2.49. The summed E-state index contributed by atoms with van der Waals surface area (Å²) in [7, 11) is 0. The summed E-state index contributed by atoms with van der Waals surface area (Å²) in [4.78, 5) is 18.4. The second-order valence-electron chi connectivity index (χ2n) is 4.13. The van der Waals surface area contributed by atoms with Crippen LogP contribution in [0.3, 0.4) is 0 Å². The van der Waals surface area contributed by atoms with Crippen molar-refractivity contribution < 1.29 is 9.90 Å². The lowest BCUT2D eigenvalue weighted by Crippen LogP contribution is -2.24. The third-order valence-electron chi connectivity index (χ3n) is 2.84. The molecular weight excluding hydrogens is 262 g/mol. The fourth-order valence-corrected chi connectivity index (χ4v) is 2.73. The number of imidazole rings is 1. The molecule has 19 heavy (non-hydrogen) atoms. The Morgan fingerprint density at radius 1 is 1.58 bits per heavy atom. The van der Waals surface area contributed by atoms with Gasteiger partial charge in [-0.2, -0.15) is 0 Å². The first-order valence-electron chi connectivity index (χ1n) is 6.28. The predicted octanol–water partition coefficient (Wildman–Crippen LogP) is 2.73. The topological polar surface area (TPSA) is 57.8 Å². The minimum Gasteiger partial charge on any atom is -0.478 e. The molecule has 0 fully saturated rings. The van der Waals surface area contributed by atoms with E-state index in [1.165, 1.54) is 0 Å². The molecule has 0 saturated heterocycles. The maximum absolute atomic E-state index is 10.7. The van der Waals surface area contributed by atoms with Crippen molar-refractivity contribution in [3.05, 3.63) is 23.3 Å². The Morgan fingerprint density at radius 2 is 2.37 bits per heavy atom. The van der Waals surface area contributed by atoms with Gasteiger partial charge in [-0.3, -0.25) is 4.40 Å². The lowest BCUT2D eigenvalue weighted by Gasteiger charge is -2.20. The van der Waals surface area contributed by atoms with Crippen LogP contribution < -0.4 is 4.90 Å². The third-order valence-corrected chi connectivity index (χ3v) is 3.59. The van der Waals surface area contributed by atoms with E-state index in [1.54, 1.807) is 17.4 Å². The van der Waals surface area contributed by atoms with Gasteiger partial charge in [-0.15, -0.1) is 11.3 Å². The first-order chi connectivity index (χ1) is 9.17. The molecular formula is C13H17N3O2S. The van der Waals surface area contributed by atoms with Crippen LogP contribution in [0.15, 0.2) is 17.7 Å². The quantitative estimate of drug-likeness (QED) is 0.826. The second kappa shape index (κ2) is 5.88. The van der Waals surface area contributed by atoms with Gasteiger partial charge in [0, 0.05) is 30.7 Å². The molecule has 1 N–H and O–H groups in total. The highest BCUT2D eigenvalue weighted by atomic mass is 32.1. The van der Waals surface area contributed by atoms with Crippen LogP contribution in [-0.2, 0) is 4.79 Å². The van der Waals surface area contributed by atoms with Gasteiger partial charge in [-0.1, -0.05) is 6.92 Å². The summed E-state index contributed by atoms with van der Waals surface area (Å²) in [5.41, 5.74) is 0.828. The molecule has 2 heterocycles. The Kier molecular flexibility index (Phi) is 4.21. The summed E-state index contributed by atoms with van der Waals surface area (Å²) in [6.07, 6.45) is 5.71. The highest BCUT2D eigenvalue weighted by molar-refractivity contribution is 7.15. The van der Waals surface area contributed by atoms with E-state index in [2.05, 4.69) is 23.7 Å². The van der Waals surface area contributed by atoms with Gasteiger partial charge >= 0.3 is 5.97 Å². The monoisotopic (exact) mass is 279 g/mol. The van der Waals surface area contributed by atoms with Gasteiger partial charge in [0.2, 0.25) is 0 Å². The minimum atomic E-state index is -0.949. The number of hydrogen-bond donors (Lipinski definition) is 1. The number of hydrogen-bond acceptors (Lipinski definition) is 4. The smallest absolute Gasteiger partial charge is 0.328 e. The molecule has 0 spiro atoms. The minimum absolute atomic E-state index is 0.828. The summed E-state index contributed by atoms with van der Waals surface area (Å²) in [6.45, 7) is 5.96. The molecule has 2 rings (SSSR count). The van der Waals surface area contributed by atoms with Crippen LogP contribution >= 0.6 is 11.3 Å². The van der Waals surface area contributed by atoms with Gasteiger partial charge in [-0.05, 0) is 19.4 Å². The Bertz CT molecular complexity index is 600. The van der Waals surface area contributed by atoms with Gasteiger partial charge < -0.3 is 10.0 Å². The number of aromatic nitrogens is 2. The number of fused-ring (bicyclic) bond motifs is 1. The Hall–Kier alpha value is -1.82. The van der Waals surface area contributed by atoms with Crippen LogP contribution in [0.1, 0.15) is 26.0 Å². The summed E-state index contributed by atoms with van der Waals surface area (Å²) in [5.74, 6) is -0.0941. The summed E-state index contributed by atoms with van der Waals surface area (Å²) < 4.78 is 1.93. The van der Waals surface area contributed by atoms with Crippen molar-refractivity contribution in [2.45, 2.75) is 20.3 Å². The number of aliphatic carboxylic acids is 1. The molecule has 0 amide bonds. The largest absolute Gasteiger partial charge is 0.478 e. The number of anilines is 1. The zero-order valence-electron chi connectivity index (χ0n) is 11.0. The average Bonchev–Trinajstić information content (AvgIpc) is 2.94. The molecule has 0 saturated carbocycles. The van der Waals surface area contributed by atoms with Gasteiger partial charge in [0.25, 0.3) is 0 Å². The van der Waals surface area contributed by atoms with Crippen LogP contribution in [0.25, 0.3) is 11.0 Å². The lowest BCUT2D eigenvalue weighted by atomic mass is 10.3. The number of nitrogens with zero attached hydrogens (tertiary/aromatic N) is 3.